The lowest BCUT2D eigenvalue weighted by atomic mass is 10.0. The molecule has 0 radical (unpaired) electrons. The van der Waals surface area contributed by atoms with Gasteiger partial charge in [-0.05, 0) is 39.8 Å². The van der Waals surface area contributed by atoms with Crippen LogP contribution in [0.15, 0.2) is 0 Å². The van der Waals surface area contributed by atoms with Crippen LogP contribution >= 0.6 is 11.3 Å². The Balaban J connectivity index is 1.70. The number of likely N-dealkylation sites (tertiary alicyclic amines) is 1. The molecular formula is C14H23N5OS. The molecule has 2 fully saturated rings. The molecule has 0 spiro atoms. The first-order chi connectivity index (χ1) is 10.0. The molecule has 1 aromatic rings. The molecule has 116 valence electrons. The molecule has 3 rings (SSSR count). The van der Waals surface area contributed by atoms with Gasteiger partial charge in [-0.1, -0.05) is 11.3 Å². The van der Waals surface area contributed by atoms with Crippen LogP contribution in [0.3, 0.4) is 0 Å². The number of carbonyl (C=O) groups is 1. The summed E-state index contributed by atoms with van der Waals surface area (Å²) in [6, 6.07) is 0.951. The van der Waals surface area contributed by atoms with Crippen molar-refractivity contribution >= 4 is 28.2 Å². The van der Waals surface area contributed by atoms with Crippen molar-refractivity contribution in [3.8, 4) is 0 Å². The van der Waals surface area contributed by atoms with E-state index in [1.165, 1.54) is 24.2 Å². The minimum atomic E-state index is 0.0281. The van der Waals surface area contributed by atoms with Crippen LogP contribution in [0.25, 0.3) is 0 Å². The number of nitrogens with one attached hydrogen (secondary N) is 1. The SMILES string of the molecule is CN(C)C1CCCN(C(=O)c2sc(NC3CC3)nc2N)C1. The van der Waals surface area contributed by atoms with Gasteiger partial charge >= 0.3 is 0 Å². The Kier molecular flexibility index (Phi) is 4.03. The predicted octanol–water partition coefficient (Wildman–Crippen LogP) is 1.47. The maximum atomic E-state index is 12.7. The standard InChI is InChI=1S/C14H23N5OS/c1-18(2)10-4-3-7-19(8-10)13(20)11-12(15)17-14(21-11)16-9-5-6-9/h9-10H,3-8,15H2,1-2H3,(H,16,17). The van der Waals surface area contributed by atoms with Crippen molar-refractivity contribution in [2.45, 2.75) is 37.8 Å². The van der Waals surface area contributed by atoms with E-state index in [0.29, 0.717) is 22.8 Å². The number of amides is 1. The summed E-state index contributed by atoms with van der Waals surface area (Å²) in [5.74, 6) is 0.389. The number of anilines is 2. The molecule has 0 bridgehead atoms. The largest absolute Gasteiger partial charge is 0.382 e. The molecule has 21 heavy (non-hydrogen) atoms. The number of aromatic nitrogens is 1. The molecule has 1 atom stereocenters. The van der Waals surface area contributed by atoms with E-state index in [-0.39, 0.29) is 5.91 Å². The molecule has 1 saturated heterocycles. The third kappa shape index (κ3) is 3.29. The lowest BCUT2D eigenvalue weighted by Gasteiger charge is -2.35. The van der Waals surface area contributed by atoms with Gasteiger partial charge in [-0.3, -0.25) is 4.79 Å². The number of hydrogen-bond donors (Lipinski definition) is 2. The van der Waals surface area contributed by atoms with E-state index in [9.17, 15) is 4.79 Å². The summed E-state index contributed by atoms with van der Waals surface area (Å²) >= 11 is 1.39. The zero-order valence-electron chi connectivity index (χ0n) is 12.6. The molecular weight excluding hydrogens is 286 g/mol. The minimum Gasteiger partial charge on any atom is -0.382 e. The van der Waals surface area contributed by atoms with Crippen LogP contribution in [0, 0.1) is 0 Å². The molecule has 1 aliphatic heterocycles. The quantitative estimate of drug-likeness (QED) is 0.881. The van der Waals surface area contributed by atoms with E-state index in [0.717, 1.165) is 31.1 Å². The number of nitrogens with zero attached hydrogens (tertiary/aromatic N) is 3. The molecule has 1 unspecified atom stereocenters. The molecule has 1 amide bonds. The predicted molar refractivity (Wildman–Crippen MR) is 85.8 cm³/mol. The smallest absolute Gasteiger partial charge is 0.267 e. The molecule has 0 aromatic carbocycles. The Labute approximate surface area is 129 Å². The third-order valence-electron chi connectivity index (χ3n) is 4.17. The van der Waals surface area contributed by atoms with Gasteiger partial charge in [0, 0.05) is 25.2 Å². The highest BCUT2D eigenvalue weighted by atomic mass is 32.1. The van der Waals surface area contributed by atoms with E-state index < -0.39 is 0 Å². The van der Waals surface area contributed by atoms with Gasteiger partial charge in [-0.2, -0.15) is 0 Å². The van der Waals surface area contributed by atoms with Crippen molar-refractivity contribution in [3.63, 3.8) is 0 Å². The highest BCUT2D eigenvalue weighted by Gasteiger charge is 2.29. The van der Waals surface area contributed by atoms with E-state index in [4.69, 9.17) is 5.73 Å². The summed E-state index contributed by atoms with van der Waals surface area (Å²) in [7, 11) is 4.13. The molecule has 3 N–H and O–H groups in total. The second kappa shape index (κ2) is 5.81. The second-order valence-electron chi connectivity index (χ2n) is 6.16. The Hall–Kier alpha value is -1.34. The first-order valence-corrected chi connectivity index (χ1v) is 8.35. The van der Waals surface area contributed by atoms with Crippen LogP contribution in [0.1, 0.15) is 35.4 Å². The average molecular weight is 309 g/mol. The average Bonchev–Trinajstić information content (AvgIpc) is 3.20. The highest BCUT2D eigenvalue weighted by molar-refractivity contribution is 7.18. The lowest BCUT2D eigenvalue weighted by molar-refractivity contribution is 0.0640. The number of nitrogens with two attached hydrogens (primary N) is 1. The molecule has 6 nitrogen and oxygen atoms in total. The molecule has 1 saturated carbocycles. The van der Waals surface area contributed by atoms with E-state index in [2.05, 4.69) is 29.3 Å². The number of likely N-dealkylation sites (N-methyl/N-ethyl adjacent to an activating group) is 1. The van der Waals surface area contributed by atoms with Gasteiger partial charge < -0.3 is 20.9 Å². The van der Waals surface area contributed by atoms with Gasteiger partial charge in [-0.15, -0.1) is 0 Å². The Bertz CT molecular complexity index is 525. The third-order valence-corrected chi connectivity index (χ3v) is 5.16. The van der Waals surface area contributed by atoms with E-state index in [1.54, 1.807) is 0 Å². The monoisotopic (exact) mass is 309 g/mol. The normalized spacial score (nSPS) is 22.6. The number of rotatable bonds is 4. The maximum Gasteiger partial charge on any atom is 0.267 e. The van der Waals surface area contributed by atoms with Crippen LogP contribution in [-0.4, -0.2) is 60.0 Å². The van der Waals surface area contributed by atoms with Crippen LogP contribution < -0.4 is 11.1 Å². The van der Waals surface area contributed by atoms with Crippen LogP contribution in [0.2, 0.25) is 0 Å². The zero-order valence-corrected chi connectivity index (χ0v) is 13.4. The van der Waals surface area contributed by atoms with Gasteiger partial charge in [0.1, 0.15) is 10.7 Å². The topological polar surface area (TPSA) is 74.5 Å². The zero-order chi connectivity index (χ0) is 15.0. The van der Waals surface area contributed by atoms with Crippen molar-refractivity contribution < 1.29 is 4.79 Å². The van der Waals surface area contributed by atoms with Crippen molar-refractivity contribution in [2.24, 2.45) is 0 Å². The fourth-order valence-electron chi connectivity index (χ4n) is 2.65. The number of piperidine rings is 1. The van der Waals surface area contributed by atoms with Crippen molar-refractivity contribution in [2.75, 3.05) is 38.2 Å². The summed E-state index contributed by atoms with van der Waals surface area (Å²) in [4.78, 5) is 21.6. The number of hydrogen-bond acceptors (Lipinski definition) is 6. The van der Waals surface area contributed by atoms with Crippen LogP contribution in [-0.2, 0) is 0 Å². The summed E-state index contributed by atoms with van der Waals surface area (Å²) in [5, 5.41) is 4.09. The first-order valence-electron chi connectivity index (χ1n) is 7.53. The molecule has 2 heterocycles. The Morgan fingerprint density at radius 2 is 2.19 bits per heavy atom. The van der Waals surface area contributed by atoms with Crippen molar-refractivity contribution in [3.05, 3.63) is 4.88 Å². The van der Waals surface area contributed by atoms with Gasteiger partial charge in [0.05, 0.1) is 0 Å². The van der Waals surface area contributed by atoms with E-state index in [1.807, 2.05) is 4.90 Å². The highest BCUT2D eigenvalue weighted by Crippen LogP contribution is 2.31. The second-order valence-corrected chi connectivity index (χ2v) is 7.16. The fourth-order valence-corrected chi connectivity index (χ4v) is 3.58. The number of nitrogen functional groups attached to an aromatic ring is 1. The number of thiazole rings is 1. The Morgan fingerprint density at radius 1 is 1.43 bits per heavy atom. The maximum absolute atomic E-state index is 12.7. The lowest BCUT2D eigenvalue weighted by Crippen LogP contribution is -2.47. The van der Waals surface area contributed by atoms with Gasteiger partial charge in [0.15, 0.2) is 5.13 Å². The summed E-state index contributed by atoms with van der Waals surface area (Å²) in [6.07, 6.45) is 4.54. The van der Waals surface area contributed by atoms with Gasteiger partial charge in [0.2, 0.25) is 0 Å². The molecule has 1 aliphatic carbocycles. The number of carbonyl (C=O) groups excluding carboxylic acids is 1. The fraction of sp³-hybridized carbons (Fsp3) is 0.714. The minimum absolute atomic E-state index is 0.0281. The summed E-state index contributed by atoms with van der Waals surface area (Å²) in [6.45, 7) is 1.58. The van der Waals surface area contributed by atoms with Crippen LogP contribution in [0.4, 0.5) is 10.9 Å². The van der Waals surface area contributed by atoms with Crippen LogP contribution in [0.5, 0.6) is 0 Å². The summed E-state index contributed by atoms with van der Waals surface area (Å²) < 4.78 is 0. The van der Waals surface area contributed by atoms with Crippen molar-refractivity contribution in [1.82, 2.24) is 14.8 Å². The Morgan fingerprint density at radius 3 is 2.86 bits per heavy atom. The summed E-state index contributed by atoms with van der Waals surface area (Å²) in [5.41, 5.74) is 5.94. The molecule has 2 aliphatic rings. The van der Waals surface area contributed by atoms with Crippen molar-refractivity contribution in [1.29, 1.82) is 0 Å². The molecule has 7 heteroatoms. The van der Waals surface area contributed by atoms with Gasteiger partial charge in [0.25, 0.3) is 5.91 Å². The van der Waals surface area contributed by atoms with Gasteiger partial charge in [-0.25, -0.2) is 4.98 Å². The first kappa shape index (κ1) is 14.6. The molecule has 1 aromatic heterocycles. The van der Waals surface area contributed by atoms with E-state index >= 15 is 0 Å².